The normalized spacial score (nSPS) is 11.8. The first-order valence-corrected chi connectivity index (χ1v) is 6.72. The van der Waals surface area contributed by atoms with E-state index in [1.165, 1.54) is 18.3 Å². The van der Waals surface area contributed by atoms with Crippen LogP contribution < -0.4 is 0 Å². The smallest absolute Gasteiger partial charge is 0.292 e. The summed E-state index contributed by atoms with van der Waals surface area (Å²) in [6.45, 7) is 1.47. The molecule has 0 fully saturated rings. The topological polar surface area (TPSA) is 30.0 Å². The molecule has 0 spiro atoms. The molecule has 0 aliphatic rings. The van der Waals surface area contributed by atoms with Crippen LogP contribution in [-0.2, 0) is 6.42 Å². The highest BCUT2D eigenvalue weighted by atomic mass is 32.1. The molecule has 18 heavy (non-hydrogen) atoms. The summed E-state index contributed by atoms with van der Waals surface area (Å²) < 4.78 is 35.6. The zero-order valence-electron chi connectivity index (χ0n) is 10.2. The number of Topliss-reactive ketones (excluding diaryl/α,β-unsaturated/α-hetero) is 1. The van der Waals surface area contributed by atoms with E-state index in [0.29, 0.717) is 11.4 Å². The van der Waals surface area contributed by atoms with Gasteiger partial charge in [0.2, 0.25) is 0 Å². The van der Waals surface area contributed by atoms with Crippen molar-refractivity contribution in [1.82, 2.24) is 4.98 Å². The third-order valence-corrected chi connectivity index (χ3v) is 3.65. The van der Waals surface area contributed by atoms with E-state index in [1.807, 2.05) is 0 Å². The molecule has 0 amide bonds. The highest BCUT2D eigenvalue weighted by Gasteiger charge is 2.25. The number of aromatic nitrogens is 1. The molecule has 0 aliphatic carbocycles. The minimum atomic E-state index is -4.03. The van der Waals surface area contributed by atoms with Gasteiger partial charge >= 0.3 is 6.18 Å². The molecule has 102 valence electrons. The number of carbonyl (C=O) groups excluding carboxylic acids is 1. The van der Waals surface area contributed by atoms with Gasteiger partial charge in [-0.15, -0.1) is 11.3 Å². The maximum absolute atomic E-state index is 11.9. The SMILES string of the molecule is CC(=O)c1ncc(CCCCCCC(F)(F)F)s1. The van der Waals surface area contributed by atoms with Crippen LogP contribution in [0.15, 0.2) is 6.20 Å². The Kier molecular flexibility index (Phi) is 5.78. The molecule has 6 heteroatoms. The fourth-order valence-corrected chi connectivity index (χ4v) is 2.41. The van der Waals surface area contributed by atoms with Gasteiger partial charge in [0.15, 0.2) is 10.8 Å². The molecule has 0 bridgehead atoms. The predicted molar refractivity (Wildman–Crippen MR) is 65.0 cm³/mol. The van der Waals surface area contributed by atoms with Gasteiger partial charge < -0.3 is 0 Å². The molecule has 1 aromatic rings. The maximum Gasteiger partial charge on any atom is 0.389 e. The molecule has 0 atom stereocenters. The summed E-state index contributed by atoms with van der Waals surface area (Å²) >= 11 is 1.37. The Morgan fingerprint density at radius 1 is 1.28 bits per heavy atom. The third kappa shape index (κ3) is 6.14. The molecule has 0 N–H and O–H groups in total. The summed E-state index contributed by atoms with van der Waals surface area (Å²) in [4.78, 5) is 16.0. The number of nitrogens with zero attached hydrogens (tertiary/aromatic N) is 1. The first-order valence-electron chi connectivity index (χ1n) is 5.91. The summed E-state index contributed by atoms with van der Waals surface area (Å²) in [5.74, 6) is -0.0450. The molecule has 0 aliphatic heterocycles. The Morgan fingerprint density at radius 3 is 2.50 bits per heavy atom. The second kappa shape index (κ2) is 6.87. The number of hydrogen-bond donors (Lipinski definition) is 0. The molecule has 0 aromatic carbocycles. The van der Waals surface area contributed by atoms with E-state index >= 15 is 0 Å². The molecular formula is C12H16F3NOS. The number of hydrogen-bond acceptors (Lipinski definition) is 3. The van der Waals surface area contributed by atoms with E-state index in [9.17, 15) is 18.0 Å². The summed E-state index contributed by atoms with van der Waals surface area (Å²) in [6.07, 6.45) is 0.160. The molecule has 1 aromatic heterocycles. The Balaban J connectivity index is 2.12. The molecule has 0 saturated heterocycles. The van der Waals surface area contributed by atoms with E-state index in [4.69, 9.17) is 0 Å². The van der Waals surface area contributed by atoms with E-state index in [1.54, 1.807) is 6.20 Å². The lowest BCUT2D eigenvalue weighted by Crippen LogP contribution is -2.06. The maximum atomic E-state index is 11.9. The first kappa shape index (κ1) is 15.1. The Hall–Kier alpha value is -0.910. The van der Waals surface area contributed by atoms with Gasteiger partial charge in [-0.05, 0) is 19.3 Å². The van der Waals surface area contributed by atoms with Crippen molar-refractivity contribution in [2.45, 2.75) is 51.6 Å². The number of aryl methyl sites for hydroxylation is 1. The van der Waals surface area contributed by atoms with Crippen molar-refractivity contribution >= 4 is 17.1 Å². The Morgan fingerprint density at radius 2 is 1.94 bits per heavy atom. The lowest BCUT2D eigenvalue weighted by atomic mass is 10.1. The average molecular weight is 279 g/mol. The van der Waals surface area contributed by atoms with Gasteiger partial charge in [-0.25, -0.2) is 4.98 Å². The van der Waals surface area contributed by atoms with E-state index in [0.717, 1.165) is 24.1 Å². The second-order valence-corrected chi connectivity index (χ2v) is 5.33. The number of carbonyl (C=O) groups is 1. The van der Waals surface area contributed by atoms with Crippen molar-refractivity contribution in [1.29, 1.82) is 0 Å². The van der Waals surface area contributed by atoms with Crippen LogP contribution in [0, 0.1) is 0 Å². The van der Waals surface area contributed by atoms with E-state index < -0.39 is 12.6 Å². The molecule has 2 nitrogen and oxygen atoms in total. The fourth-order valence-electron chi connectivity index (χ4n) is 1.56. The Bertz CT molecular complexity index is 387. The van der Waals surface area contributed by atoms with E-state index in [-0.39, 0.29) is 12.2 Å². The zero-order valence-corrected chi connectivity index (χ0v) is 11.0. The molecule has 1 rings (SSSR count). The lowest BCUT2D eigenvalue weighted by molar-refractivity contribution is -0.135. The van der Waals surface area contributed by atoms with Crippen molar-refractivity contribution < 1.29 is 18.0 Å². The quantitative estimate of drug-likeness (QED) is 0.547. The van der Waals surface area contributed by atoms with Crippen LogP contribution in [0.3, 0.4) is 0 Å². The van der Waals surface area contributed by atoms with E-state index in [2.05, 4.69) is 4.98 Å². The lowest BCUT2D eigenvalue weighted by Gasteiger charge is -2.05. The zero-order chi connectivity index (χ0) is 13.6. The van der Waals surface area contributed by atoms with Gasteiger partial charge in [-0.2, -0.15) is 13.2 Å². The van der Waals surface area contributed by atoms with Crippen LogP contribution in [0.5, 0.6) is 0 Å². The van der Waals surface area contributed by atoms with Crippen molar-refractivity contribution in [3.05, 3.63) is 16.1 Å². The molecule has 0 unspecified atom stereocenters. The van der Waals surface area contributed by atoms with Gasteiger partial charge in [0.1, 0.15) is 0 Å². The van der Waals surface area contributed by atoms with Gasteiger partial charge in [0.25, 0.3) is 0 Å². The van der Waals surface area contributed by atoms with Crippen LogP contribution in [-0.4, -0.2) is 16.9 Å². The predicted octanol–water partition coefficient (Wildman–Crippen LogP) is 4.40. The highest BCUT2D eigenvalue weighted by Crippen LogP contribution is 2.23. The summed E-state index contributed by atoms with van der Waals surface area (Å²) in [7, 11) is 0. The van der Waals surface area contributed by atoms with Gasteiger partial charge in [0.05, 0.1) is 0 Å². The number of alkyl halides is 3. The highest BCUT2D eigenvalue weighted by molar-refractivity contribution is 7.13. The summed E-state index contributed by atoms with van der Waals surface area (Å²) in [5.41, 5.74) is 0. The first-order chi connectivity index (χ1) is 8.38. The van der Waals surface area contributed by atoms with Gasteiger partial charge in [-0.3, -0.25) is 4.79 Å². The fraction of sp³-hybridized carbons (Fsp3) is 0.667. The molecule has 1 heterocycles. The van der Waals surface area contributed by atoms with Crippen LogP contribution >= 0.6 is 11.3 Å². The molecular weight excluding hydrogens is 263 g/mol. The summed E-state index contributed by atoms with van der Waals surface area (Å²) in [6, 6.07) is 0. The van der Waals surface area contributed by atoms with Crippen LogP contribution in [0.25, 0.3) is 0 Å². The second-order valence-electron chi connectivity index (χ2n) is 4.22. The summed E-state index contributed by atoms with van der Waals surface area (Å²) in [5, 5.41) is 0.502. The minimum absolute atomic E-state index is 0.0450. The average Bonchev–Trinajstić information content (AvgIpc) is 2.70. The Labute approximate surface area is 108 Å². The number of halogens is 3. The van der Waals surface area contributed by atoms with Crippen molar-refractivity contribution in [2.24, 2.45) is 0 Å². The van der Waals surface area contributed by atoms with Crippen LogP contribution in [0.2, 0.25) is 0 Å². The molecule has 0 radical (unpaired) electrons. The van der Waals surface area contributed by atoms with Crippen molar-refractivity contribution in [3.63, 3.8) is 0 Å². The standard InChI is InChI=1S/C12H16F3NOS/c1-9(17)11-16-8-10(18-11)6-4-2-3-5-7-12(13,14)15/h8H,2-7H2,1H3. The van der Waals surface area contributed by atoms with Crippen molar-refractivity contribution in [2.75, 3.05) is 0 Å². The number of thiazole rings is 1. The number of ketones is 1. The monoisotopic (exact) mass is 279 g/mol. The minimum Gasteiger partial charge on any atom is -0.292 e. The van der Waals surface area contributed by atoms with Gasteiger partial charge in [-0.1, -0.05) is 12.8 Å². The van der Waals surface area contributed by atoms with Crippen LogP contribution in [0.1, 0.15) is 53.7 Å². The third-order valence-electron chi connectivity index (χ3n) is 2.49. The largest absolute Gasteiger partial charge is 0.389 e. The number of unbranched alkanes of at least 4 members (excludes halogenated alkanes) is 3. The van der Waals surface area contributed by atoms with Gasteiger partial charge in [0, 0.05) is 24.4 Å². The number of rotatable bonds is 7. The molecule has 0 saturated carbocycles. The van der Waals surface area contributed by atoms with Crippen molar-refractivity contribution in [3.8, 4) is 0 Å². The van der Waals surface area contributed by atoms with Crippen LogP contribution in [0.4, 0.5) is 13.2 Å².